The summed E-state index contributed by atoms with van der Waals surface area (Å²) < 4.78 is 14.3. The third-order valence-electron chi connectivity index (χ3n) is 2.63. The van der Waals surface area contributed by atoms with Crippen LogP contribution in [0.2, 0.25) is 0 Å². The number of hydrogen-bond donors (Lipinski definition) is 2. The van der Waals surface area contributed by atoms with E-state index >= 15 is 0 Å². The lowest BCUT2D eigenvalue weighted by molar-refractivity contribution is 0.464. The number of hydrogen-bond acceptors (Lipinski definition) is 2. The molecule has 0 atom stereocenters. The monoisotopic (exact) mass is 309 g/mol. The summed E-state index contributed by atoms with van der Waals surface area (Å²) in [7, 11) is 0. The average Bonchev–Trinajstić information content (AvgIpc) is 2.36. The third kappa shape index (κ3) is 3.31. The zero-order chi connectivity index (χ0) is 13.0. The molecule has 0 bridgehead atoms. The maximum Gasteiger partial charge on any atom is 0.127 e. The predicted octanol–water partition coefficient (Wildman–Crippen LogP) is 3.58. The Kier molecular flexibility index (Phi) is 4.33. The van der Waals surface area contributed by atoms with E-state index in [0.717, 1.165) is 10.0 Å². The van der Waals surface area contributed by atoms with E-state index in [0.29, 0.717) is 18.7 Å². The van der Waals surface area contributed by atoms with Crippen LogP contribution in [0.1, 0.15) is 11.1 Å². The average molecular weight is 310 g/mol. The summed E-state index contributed by atoms with van der Waals surface area (Å²) in [4.78, 5) is 0. The van der Waals surface area contributed by atoms with Gasteiger partial charge in [-0.1, -0.05) is 34.1 Å². The summed E-state index contributed by atoms with van der Waals surface area (Å²) >= 11 is 3.35. The highest BCUT2D eigenvalue weighted by Crippen LogP contribution is 2.21. The molecule has 18 heavy (non-hydrogen) atoms. The molecule has 2 aromatic rings. The van der Waals surface area contributed by atoms with Crippen molar-refractivity contribution in [1.82, 2.24) is 5.32 Å². The lowest BCUT2D eigenvalue weighted by atomic mass is 10.2. The molecule has 0 amide bonds. The maximum atomic E-state index is 13.4. The van der Waals surface area contributed by atoms with Crippen LogP contribution in [-0.4, -0.2) is 5.11 Å². The van der Waals surface area contributed by atoms with E-state index in [1.165, 1.54) is 6.07 Å². The van der Waals surface area contributed by atoms with E-state index in [1.54, 1.807) is 30.3 Å². The maximum absolute atomic E-state index is 13.4. The SMILES string of the molecule is Oc1ccc(Br)cc1CNCc1ccccc1F. The Hall–Kier alpha value is -1.39. The molecule has 94 valence electrons. The summed E-state index contributed by atoms with van der Waals surface area (Å²) in [6, 6.07) is 11.9. The standard InChI is InChI=1S/C14H13BrFNO/c15-12-5-6-14(18)11(7-12)9-17-8-10-3-1-2-4-13(10)16/h1-7,17-18H,8-9H2. The quantitative estimate of drug-likeness (QED) is 0.904. The topological polar surface area (TPSA) is 32.3 Å². The Morgan fingerprint density at radius 2 is 1.78 bits per heavy atom. The van der Waals surface area contributed by atoms with E-state index in [9.17, 15) is 9.50 Å². The van der Waals surface area contributed by atoms with Crippen molar-refractivity contribution < 1.29 is 9.50 Å². The summed E-state index contributed by atoms with van der Waals surface area (Å²) in [5.74, 6) is 0.0164. The molecule has 0 aliphatic rings. The first-order chi connectivity index (χ1) is 8.66. The molecular weight excluding hydrogens is 297 g/mol. The molecule has 0 aromatic heterocycles. The van der Waals surface area contributed by atoms with Crippen molar-refractivity contribution in [1.29, 1.82) is 0 Å². The van der Waals surface area contributed by atoms with Gasteiger partial charge in [0.15, 0.2) is 0 Å². The molecule has 0 spiro atoms. The molecule has 2 aromatic carbocycles. The van der Waals surface area contributed by atoms with Crippen LogP contribution in [-0.2, 0) is 13.1 Å². The Morgan fingerprint density at radius 1 is 1.06 bits per heavy atom. The minimum atomic E-state index is -0.219. The second-order valence-corrected chi connectivity index (χ2v) is 4.88. The van der Waals surface area contributed by atoms with Gasteiger partial charge >= 0.3 is 0 Å². The molecule has 0 aliphatic carbocycles. The van der Waals surface area contributed by atoms with E-state index in [4.69, 9.17) is 0 Å². The molecule has 0 saturated carbocycles. The predicted molar refractivity (Wildman–Crippen MR) is 72.8 cm³/mol. The van der Waals surface area contributed by atoms with Crippen LogP contribution >= 0.6 is 15.9 Å². The highest BCUT2D eigenvalue weighted by atomic mass is 79.9. The summed E-state index contributed by atoms with van der Waals surface area (Å²) in [6.07, 6.45) is 0. The first-order valence-corrected chi connectivity index (χ1v) is 6.37. The van der Waals surface area contributed by atoms with Gasteiger partial charge in [-0.15, -0.1) is 0 Å². The van der Waals surface area contributed by atoms with E-state index in [-0.39, 0.29) is 11.6 Å². The van der Waals surface area contributed by atoms with Gasteiger partial charge in [0.05, 0.1) is 0 Å². The largest absolute Gasteiger partial charge is 0.508 e. The van der Waals surface area contributed by atoms with Crippen LogP contribution in [0, 0.1) is 5.82 Å². The van der Waals surface area contributed by atoms with E-state index in [1.807, 2.05) is 6.07 Å². The van der Waals surface area contributed by atoms with Crippen LogP contribution in [0.3, 0.4) is 0 Å². The van der Waals surface area contributed by atoms with Gasteiger partial charge in [-0.3, -0.25) is 0 Å². The second kappa shape index (κ2) is 5.98. The van der Waals surface area contributed by atoms with Crippen molar-refractivity contribution in [3.05, 3.63) is 63.9 Å². The molecular formula is C14H13BrFNO. The van der Waals surface area contributed by atoms with Crippen molar-refractivity contribution in [3.63, 3.8) is 0 Å². The zero-order valence-electron chi connectivity index (χ0n) is 9.66. The van der Waals surface area contributed by atoms with Crippen molar-refractivity contribution in [2.24, 2.45) is 0 Å². The number of nitrogens with one attached hydrogen (secondary N) is 1. The highest BCUT2D eigenvalue weighted by Gasteiger charge is 2.03. The normalized spacial score (nSPS) is 10.6. The van der Waals surface area contributed by atoms with Gasteiger partial charge in [-0.25, -0.2) is 4.39 Å². The smallest absolute Gasteiger partial charge is 0.127 e. The second-order valence-electron chi connectivity index (χ2n) is 3.97. The fraction of sp³-hybridized carbons (Fsp3) is 0.143. The zero-order valence-corrected chi connectivity index (χ0v) is 11.2. The van der Waals surface area contributed by atoms with E-state index < -0.39 is 0 Å². The minimum Gasteiger partial charge on any atom is -0.508 e. The van der Waals surface area contributed by atoms with Crippen LogP contribution in [0.5, 0.6) is 5.75 Å². The molecule has 2 nitrogen and oxygen atoms in total. The van der Waals surface area contributed by atoms with Crippen molar-refractivity contribution in [3.8, 4) is 5.75 Å². The highest BCUT2D eigenvalue weighted by molar-refractivity contribution is 9.10. The van der Waals surface area contributed by atoms with Gasteiger partial charge in [-0.05, 0) is 24.3 Å². The Balaban J connectivity index is 1.96. The third-order valence-corrected chi connectivity index (χ3v) is 3.12. The fourth-order valence-corrected chi connectivity index (χ4v) is 2.08. The first kappa shape index (κ1) is 13.1. The number of benzene rings is 2. The van der Waals surface area contributed by atoms with Crippen molar-refractivity contribution in [2.45, 2.75) is 13.1 Å². The van der Waals surface area contributed by atoms with Gasteiger partial charge in [0.2, 0.25) is 0 Å². The van der Waals surface area contributed by atoms with Gasteiger partial charge in [0, 0.05) is 28.7 Å². The Bertz CT molecular complexity index is 545. The van der Waals surface area contributed by atoms with Crippen molar-refractivity contribution in [2.75, 3.05) is 0 Å². The Morgan fingerprint density at radius 3 is 2.56 bits per heavy atom. The fourth-order valence-electron chi connectivity index (χ4n) is 1.67. The molecule has 0 fully saturated rings. The molecule has 2 rings (SSSR count). The molecule has 2 N–H and O–H groups in total. The van der Waals surface area contributed by atoms with Gasteiger partial charge in [-0.2, -0.15) is 0 Å². The minimum absolute atomic E-state index is 0.219. The molecule has 0 aliphatic heterocycles. The number of phenolic OH excluding ortho intramolecular Hbond substituents is 1. The van der Waals surface area contributed by atoms with Crippen LogP contribution in [0.4, 0.5) is 4.39 Å². The first-order valence-electron chi connectivity index (χ1n) is 5.58. The van der Waals surface area contributed by atoms with E-state index in [2.05, 4.69) is 21.2 Å². The summed E-state index contributed by atoms with van der Waals surface area (Å²) in [5.41, 5.74) is 1.40. The lowest BCUT2D eigenvalue weighted by Gasteiger charge is -2.08. The number of rotatable bonds is 4. The number of phenols is 1. The van der Waals surface area contributed by atoms with Crippen molar-refractivity contribution >= 4 is 15.9 Å². The molecule has 0 unspecified atom stereocenters. The number of aromatic hydroxyl groups is 1. The van der Waals surface area contributed by atoms with Crippen LogP contribution in [0.15, 0.2) is 46.9 Å². The number of halogens is 2. The summed E-state index contributed by atoms with van der Waals surface area (Å²) in [6.45, 7) is 0.915. The van der Waals surface area contributed by atoms with Crippen LogP contribution < -0.4 is 5.32 Å². The van der Waals surface area contributed by atoms with Gasteiger partial charge in [0.25, 0.3) is 0 Å². The Labute approximate surface area is 114 Å². The molecule has 4 heteroatoms. The molecule has 0 heterocycles. The van der Waals surface area contributed by atoms with Gasteiger partial charge in [0.1, 0.15) is 11.6 Å². The van der Waals surface area contributed by atoms with Crippen LogP contribution in [0.25, 0.3) is 0 Å². The summed E-state index contributed by atoms with van der Waals surface area (Å²) in [5, 5.41) is 12.8. The lowest BCUT2D eigenvalue weighted by Crippen LogP contribution is -2.13. The molecule has 0 saturated heterocycles. The molecule has 0 radical (unpaired) electrons. The van der Waals surface area contributed by atoms with Gasteiger partial charge < -0.3 is 10.4 Å².